The number of carbonyl (C=O) groups is 2. The molecule has 1 heterocycles. The Morgan fingerprint density at radius 3 is 2.83 bits per heavy atom. The molecule has 9 heteroatoms. The van der Waals surface area contributed by atoms with Gasteiger partial charge in [-0.05, 0) is 13.0 Å². The van der Waals surface area contributed by atoms with E-state index in [9.17, 15) is 9.59 Å². The van der Waals surface area contributed by atoms with Crippen molar-refractivity contribution in [3.05, 3.63) is 29.3 Å². The van der Waals surface area contributed by atoms with Gasteiger partial charge >= 0.3 is 5.97 Å². The molecule has 6 nitrogen and oxygen atoms in total. The number of rotatable bonds is 6. The van der Waals surface area contributed by atoms with Crippen molar-refractivity contribution in [2.24, 2.45) is 0 Å². The fourth-order valence-corrected chi connectivity index (χ4v) is 3.33. The number of halogens is 1. The van der Waals surface area contributed by atoms with Crippen molar-refractivity contribution in [1.29, 1.82) is 0 Å². The number of aromatic nitrogens is 2. The van der Waals surface area contributed by atoms with E-state index in [0.29, 0.717) is 15.2 Å². The SMILES string of the molecule is COC(=O)CSC(C)C(=O)Nc1nnc(-c2ccccc2Cl)s1. The molecule has 1 aromatic heterocycles. The van der Waals surface area contributed by atoms with Gasteiger partial charge in [0.15, 0.2) is 5.01 Å². The van der Waals surface area contributed by atoms with Crippen molar-refractivity contribution in [3.63, 3.8) is 0 Å². The molecule has 0 fully saturated rings. The molecule has 0 saturated heterocycles. The normalized spacial score (nSPS) is 11.8. The number of anilines is 1. The molecular formula is C14H14ClN3O3S2. The van der Waals surface area contributed by atoms with E-state index >= 15 is 0 Å². The lowest BCUT2D eigenvalue weighted by Crippen LogP contribution is -2.23. The van der Waals surface area contributed by atoms with Crippen LogP contribution in [0.5, 0.6) is 0 Å². The van der Waals surface area contributed by atoms with Crippen LogP contribution in [0, 0.1) is 0 Å². The van der Waals surface area contributed by atoms with Gasteiger partial charge in [0.1, 0.15) is 0 Å². The van der Waals surface area contributed by atoms with E-state index in [4.69, 9.17) is 11.6 Å². The Morgan fingerprint density at radius 2 is 2.13 bits per heavy atom. The molecule has 2 aromatic rings. The third kappa shape index (κ3) is 4.92. The van der Waals surface area contributed by atoms with E-state index in [1.807, 2.05) is 18.2 Å². The summed E-state index contributed by atoms with van der Waals surface area (Å²) < 4.78 is 4.54. The highest BCUT2D eigenvalue weighted by molar-refractivity contribution is 8.01. The predicted octanol–water partition coefficient (Wildman–Crippen LogP) is 3.09. The number of nitrogens with one attached hydrogen (secondary N) is 1. The molecule has 1 unspecified atom stereocenters. The van der Waals surface area contributed by atoms with E-state index in [-0.39, 0.29) is 17.6 Å². The number of carbonyl (C=O) groups excluding carboxylic acids is 2. The first-order valence-corrected chi connectivity index (χ1v) is 8.83. The molecular weight excluding hydrogens is 358 g/mol. The number of amides is 1. The zero-order valence-electron chi connectivity index (χ0n) is 12.4. The third-order valence-corrected chi connectivity index (χ3v) is 5.13. The number of ether oxygens (including phenoxy) is 1. The first-order chi connectivity index (χ1) is 11.0. The molecule has 1 N–H and O–H groups in total. The van der Waals surface area contributed by atoms with Gasteiger partial charge in [0.25, 0.3) is 0 Å². The minimum atomic E-state index is -0.415. The Morgan fingerprint density at radius 1 is 1.39 bits per heavy atom. The molecule has 1 amide bonds. The lowest BCUT2D eigenvalue weighted by Gasteiger charge is -2.08. The smallest absolute Gasteiger partial charge is 0.315 e. The van der Waals surface area contributed by atoms with E-state index in [1.165, 1.54) is 30.2 Å². The number of nitrogens with zero attached hydrogens (tertiary/aromatic N) is 2. The summed E-state index contributed by atoms with van der Waals surface area (Å²) in [6.45, 7) is 1.71. The number of esters is 1. The maximum absolute atomic E-state index is 12.1. The Labute approximate surface area is 146 Å². The zero-order valence-corrected chi connectivity index (χ0v) is 14.8. The van der Waals surface area contributed by atoms with Crippen LogP contribution in [0.15, 0.2) is 24.3 Å². The average molecular weight is 372 g/mol. The first-order valence-electron chi connectivity index (χ1n) is 6.59. The Hall–Kier alpha value is -1.64. The summed E-state index contributed by atoms with van der Waals surface area (Å²) in [5, 5.41) is 11.8. The fraction of sp³-hybridized carbons (Fsp3) is 0.286. The molecule has 0 saturated carbocycles. The molecule has 23 heavy (non-hydrogen) atoms. The van der Waals surface area contributed by atoms with Crippen molar-refractivity contribution < 1.29 is 14.3 Å². The van der Waals surface area contributed by atoms with Gasteiger partial charge < -0.3 is 4.74 Å². The molecule has 122 valence electrons. The average Bonchev–Trinajstić information content (AvgIpc) is 3.00. The van der Waals surface area contributed by atoms with Gasteiger partial charge in [-0.25, -0.2) is 0 Å². The summed E-state index contributed by atoms with van der Waals surface area (Å²) in [7, 11) is 1.31. The van der Waals surface area contributed by atoms with Crippen LogP contribution in [0.4, 0.5) is 5.13 Å². The number of benzene rings is 1. The molecule has 0 aliphatic carbocycles. The highest BCUT2D eigenvalue weighted by Crippen LogP contribution is 2.31. The molecule has 1 atom stereocenters. The summed E-state index contributed by atoms with van der Waals surface area (Å²) in [6, 6.07) is 7.29. The minimum Gasteiger partial charge on any atom is -0.468 e. The quantitative estimate of drug-likeness (QED) is 0.786. The number of hydrogen-bond donors (Lipinski definition) is 1. The Balaban J connectivity index is 1.97. The minimum absolute atomic E-state index is 0.117. The van der Waals surface area contributed by atoms with Crippen LogP contribution in [0.2, 0.25) is 5.02 Å². The molecule has 0 bridgehead atoms. The van der Waals surface area contributed by atoms with Gasteiger partial charge in [-0.15, -0.1) is 22.0 Å². The van der Waals surface area contributed by atoms with Crippen molar-refractivity contribution in [3.8, 4) is 10.6 Å². The number of methoxy groups -OCH3 is 1. The lowest BCUT2D eigenvalue weighted by molar-refractivity contribution is -0.137. The third-order valence-electron chi connectivity index (χ3n) is 2.81. The van der Waals surface area contributed by atoms with Gasteiger partial charge in [0.05, 0.1) is 23.1 Å². The van der Waals surface area contributed by atoms with Crippen molar-refractivity contribution in [2.45, 2.75) is 12.2 Å². The molecule has 0 spiro atoms. The zero-order chi connectivity index (χ0) is 16.8. The summed E-state index contributed by atoms with van der Waals surface area (Å²) in [4.78, 5) is 23.1. The summed E-state index contributed by atoms with van der Waals surface area (Å²) in [6.07, 6.45) is 0. The predicted molar refractivity (Wildman–Crippen MR) is 92.9 cm³/mol. The highest BCUT2D eigenvalue weighted by atomic mass is 35.5. The molecule has 2 rings (SSSR count). The molecule has 0 aliphatic rings. The number of thioether (sulfide) groups is 1. The second-order valence-corrected chi connectivity index (χ2v) is 7.12. The van der Waals surface area contributed by atoms with E-state index in [2.05, 4.69) is 20.3 Å². The first kappa shape index (κ1) is 17.7. The fourth-order valence-electron chi connectivity index (χ4n) is 1.55. The largest absolute Gasteiger partial charge is 0.468 e. The van der Waals surface area contributed by atoms with Gasteiger partial charge in [-0.3, -0.25) is 14.9 Å². The van der Waals surface area contributed by atoms with E-state index < -0.39 is 5.25 Å². The maximum atomic E-state index is 12.1. The van der Waals surface area contributed by atoms with Crippen LogP contribution >= 0.6 is 34.7 Å². The van der Waals surface area contributed by atoms with Crippen LogP contribution in [-0.4, -0.2) is 40.2 Å². The van der Waals surface area contributed by atoms with Gasteiger partial charge in [-0.2, -0.15) is 0 Å². The lowest BCUT2D eigenvalue weighted by atomic mass is 10.2. The van der Waals surface area contributed by atoms with Crippen molar-refractivity contribution in [2.75, 3.05) is 18.2 Å². The van der Waals surface area contributed by atoms with Crippen LogP contribution in [-0.2, 0) is 14.3 Å². The topological polar surface area (TPSA) is 81.2 Å². The Bertz CT molecular complexity index is 708. The molecule has 1 aromatic carbocycles. The molecule has 0 aliphatic heterocycles. The van der Waals surface area contributed by atoms with Gasteiger partial charge in [-0.1, -0.05) is 41.1 Å². The van der Waals surface area contributed by atoms with Crippen LogP contribution < -0.4 is 5.32 Å². The van der Waals surface area contributed by atoms with Gasteiger partial charge in [0, 0.05) is 5.56 Å². The van der Waals surface area contributed by atoms with Gasteiger partial charge in [0.2, 0.25) is 11.0 Å². The van der Waals surface area contributed by atoms with E-state index in [0.717, 1.165) is 5.56 Å². The van der Waals surface area contributed by atoms with E-state index in [1.54, 1.807) is 13.0 Å². The van der Waals surface area contributed by atoms with Crippen molar-refractivity contribution in [1.82, 2.24) is 10.2 Å². The monoisotopic (exact) mass is 371 g/mol. The van der Waals surface area contributed by atoms with Crippen molar-refractivity contribution >= 4 is 51.7 Å². The van der Waals surface area contributed by atoms with Crippen LogP contribution in [0.25, 0.3) is 10.6 Å². The number of hydrogen-bond acceptors (Lipinski definition) is 7. The Kier molecular flexibility index (Phi) is 6.37. The molecule has 0 radical (unpaired) electrons. The summed E-state index contributed by atoms with van der Waals surface area (Å²) >= 11 is 8.54. The standard InChI is InChI=1S/C14H14ClN3O3S2/c1-8(22-7-11(19)21-2)12(20)16-14-18-17-13(23-14)9-5-3-4-6-10(9)15/h3-6,8H,7H2,1-2H3,(H,16,18,20). The second kappa shape index (κ2) is 8.28. The van der Waals surface area contributed by atoms with Crippen LogP contribution in [0.1, 0.15) is 6.92 Å². The summed E-state index contributed by atoms with van der Waals surface area (Å²) in [5.74, 6) is -0.501. The maximum Gasteiger partial charge on any atom is 0.315 e. The summed E-state index contributed by atoms with van der Waals surface area (Å²) in [5.41, 5.74) is 0.764. The van der Waals surface area contributed by atoms with Crippen LogP contribution in [0.3, 0.4) is 0 Å². The second-order valence-electron chi connectivity index (χ2n) is 4.41. The highest BCUT2D eigenvalue weighted by Gasteiger charge is 2.18.